The topological polar surface area (TPSA) is 93.4 Å². The molecule has 0 fully saturated rings. The second-order valence-corrected chi connectivity index (χ2v) is 6.20. The highest BCUT2D eigenvalue weighted by molar-refractivity contribution is 5.97. The van der Waals surface area contributed by atoms with Gasteiger partial charge in [0, 0.05) is 12.2 Å². The quantitative estimate of drug-likeness (QED) is 0.626. The van der Waals surface area contributed by atoms with Gasteiger partial charge in [0.1, 0.15) is 12.0 Å². The Hall–Kier alpha value is -3.61. The Morgan fingerprint density at radius 3 is 2.68 bits per heavy atom. The van der Waals surface area contributed by atoms with E-state index in [0.29, 0.717) is 35.1 Å². The van der Waals surface area contributed by atoms with Crippen molar-refractivity contribution in [1.29, 1.82) is 0 Å². The lowest BCUT2D eigenvalue weighted by Gasteiger charge is -2.24. The van der Waals surface area contributed by atoms with Crippen molar-refractivity contribution in [3.05, 3.63) is 66.0 Å². The van der Waals surface area contributed by atoms with E-state index in [0.717, 1.165) is 11.3 Å². The minimum atomic E-state index is -0.439. The SMILES string of the molecule is CCN(c1cccc(C)c1)c1ncnc(Nc2ccccc2C(=O)OC)c1N. The molecule has 1 aromatic heterocycles. The zero-order valence-corrected chi connectivity index (χ0v) is 16.1. The number of nitrogens with one attached hydrogen (secondary N) is 1. The van der Waals surface area contributed by atoms with E-state index in [9.17, 15) is 4.79 Å². The van der Waals surface area contributed by atoms with E-state index in [4.69, 9.17) is 10.5 Å². The summed E-state index contributed by atoms with van der Waals surface area (Å²) in [6.07, 6.45) is 1.45. The molecule has 0 bridgehead atoms. The Bertz CT molecular complexity index is 990. The minimum Gasteiger partial charge on any atom is -0.465 e. The van der Waals surface area contributed by atoms with Gasteiger partial charge in [0.15, 0.2) is 11.6 Å². The van der Waals surface area contributed by atoms with Crippen LogP contribution >= 0.6 is 0 Å². The van der Waals surface area contributed by atoms with Gasteiger partial charge in [-0.15, -0.1) is 0 Å². The zero-order chi connectivity index (χ0) is 20.1. The molecular weight excluding hydrogens is 354 g/mol. The first kappa shape index (κ1) is 19.2. The number of carbonyl (C=O) groups is 1. The molecule has 0 saturated carbocycles. The summed E-state index contributed by atoms with van der Waals surface area (Å²) >= 11 is 0. The van der Waals surface area contributed by atoms with Gasteiger partial charge in [0.2, 0.25) is 0 Å². The third-order valence-electron chi connectivity index (χ3n) is 4.33. The molecule has 0 aliphatic rings. The Balaban J connectivity index is 1.99. The molecule has 0 saturated heterocycles. The third kappa shape index (κ3) is 3.88. The number of nitrogens with two attached hydrogens (primary N) is 1. The molecule has 144 valence electrons. The first-order valence-electron chi connectivity index (χ1n) is 8.94. The van der Waals surface area contributed by atoms with E-state index in [1.807, 2.05) is 43.0 Å². The Morgan fingerprint density at radius 2 is 1.96 bits per heavy atom. The highest BCUT2D eigenvalue weighted by Crippen LogP contribution is 2.33. The summed E-state index contributed by atoms with van der Waals surface area (Å²) < 4.78 is 4.84. The number of aryl methyl sites for hydroxylation is 1. The van der Waals surface area contributed by atoms with Gasteiger partial charge < -0.3 is 20.7 Å². The molecule has 3 aromatic rings. The van der Waals surface area contributed by atoms with Gasteiger partial charge in [-0.2, -0.15) is 0 Å². The van der Waals surface area contributed by atoms with Crippen LogP contribution in [-0.4, -0.2) is 29.6 Å². The van der Waals surface area contributed by atoms with Crippen molar-refractivity contribution in [1.82, 2.24) is 9.97 Å². The first-order chi connectivity index (χ1) is 13.5. The molecule has 0 atom stereocenters. The van der Waals surface area contributed by atoms with E-state index < -0.39 is 5.97 Å². The van der Waals surface area contributed by atoms with Gasteiger partial charge in [0.25, 0.3) is 0 Å². The first-order valence-corrected chi connectivity index (χ1v) is 8.94. The fourth-order valence-electron chi connectivity index (χ4n) is 2.96. The average Bonchev–Trinajstić information content (AvgIpc) is 2.71. The number of hydrogen-bond acceptors (Lipinski definition) is 7. The summed E-state index contributed by atoms with van der Waals surface area (Å²) in [4.78, 5) is 22.7. The van der Waals surface area contributed by atoms with Crippen molar-refractivity contribution >= 4 is 34.7 Å². The van der Waals surface area contributed by atoms with Gasteiger partial charge in [-0.1, -0.05) is 24.3 Å². The minimum absolute atomic E-state index is 0.394. The second-order valence-electron chi connectivity index (χ2n) is 6.20. The lowest BCUT2D eigenvalue weighted by Crippen LogP contribution is -2.20. The van der Waals surface area contributed by atoms with Gasteiger partial charge in [-0.05, 0) is 43.7 Å². The third-order valence-corrected chi connectivity index (χ3v) is 4.33. The summed E-state index contributed by atoms with van der Waals surface area (Å²) in [5.41, 5.74) is 9.89. The number of benzene rings is 2. The van der Waals surface area contributed by atoms with E-state index >= 15 is 0 Å². The second kappa shape index (κ2) is 8.39. The molecule has 0 amide bonds. The molecule has 7 heteroatoms. The van der Waals surface area contributed by atoms with Gasteiger partial charge in [-0.25, -0.2) is 14.8 Å². The van der Waals surface area contributed by atoms with Crippen LogP contribution in [0.3, 0.4) is 0 Å². The molecule has 0 radical (unpaired) electrons. The molecule has 0 aliphatic carbocycles. The number of hydrogen-bond donors (Lipinski definition) is 2. The van der Waals surface area contributed by atoms with Crippen LogP contribution in [0.25, 0.3) is 0 Å². The van der Waals surface area contributed by atoms with E-state index in [-0.39, 0.29) is 0 Å². The van der Waals surface area contributed by atoms with Crippen molar-refractivity contribution in [3.63, 3.8) is 0 Å². The molecule has 2 aromatic carbocycles. The van der Waals surface area contributed by atoms with E-state index in [1.165, 1.54) is 13.4 Å². The Morgan fingerprint density at radius 1 is 1.18 bits per heavy atom. The molecule has 0 unspecified atom stereocenters. The predicted molar refractivity (Wildman–Crippen MR) is 111 cm³/mol. The largest absolute Gasteiger partial charge is 0.465 e. The van der Waals surface area contributed by atoms with Crippen molar-refractivity contribution in [3.8, 4) is 0 Å². The normalized spacial score (nSPS) is 10.4. The van der Waals surface area contributed by atoms with Crippen LogP contribution in [0.4, 0.5) is 28.7 Å². The maximum absolute atomic E-state index is 12.0. The van der Waals surface area contributed by atoms with Crippen molar-refractivity contribution in [2.75, 3.05) is 29.6 Å². The average molecular weight is 377 g/mol. The maximum Gasteiger partial charge on any atom is 0.339 e. The van der Waals surface area contributed by atoms with Crippen LogP contribution in [-0.2, 0) is 4.74 Å². The molecule has 3 rings (SSSR count). The predicted octanol–water partition coefficient (Wildman–Crippen LogP) is 4.06. The van der Waals surface area contributed by atoms with Crippen LogP contribution in [0, 0.1) is 6.92 Å². The molecule has 0 aliphatic heterocycles. The van der Waals surface area contributed by atoms with Gasteiger partial charge in [-0.3, -0.25) is 0 Å². The number of carbonyl (C=O) groups excluding carboxylic acids is 1. The number of anilines is 5. The smallest absolute Gasteiger partial charge is 0.339 e. The number of para-hydroxylation sites is 1. The van der Waals surface area contributed by atoms with Crippen LogP contribution in [0.15, 0.2) is 54.9 Å². The summed E-state index contributed by atoms with van der Waals surface area (Å²) in [6, 6.07) is 15.2. The molecule has 28 heavy (non-hydrogen) atoms. The summed E-state index contributed by atoms with van der Waals surface area (Å²) in [5.74, 6) is 0.583. The van der Waals surface area contributed by atoms with Crippen molar-refractivity contribution in [2.45, 2.75) is 13.8 Å². The zero-order valence-electron chi connectivity index (χ0n) is 16.1. The lowest BCUT2D eigenvalue weighted by atomic mass is 10.1. The highest BCUT2D eigenvalue weighted by Gasteiger charge is 2.18. The highest BCUT2D eigenvalue weighted by atomic mass is 16.5. The molecule has 7 nitrogen and oxygen atoms in total. The summed E-state index contributed by atoms with van der Waals surface area (Å²) in [7, 11) is 1.34. The number of methoxy groups -OCH3 is 1. The van der Waals surface area contributed by atoms with Crippen LogP contribution < -0.4 is 16.0 Å². The van der Waals surface area contributed by atoms with Crippen LogP contribution in [0.5, 0.6) is 0 Å². The Labute approximate surface area is 164 Å². The number of aromatic nitrogens is 2. The van der Waals surface area contributed by atoms with Gasteiger partial charge >= 0.3 is 5.97 Å². The number of rotatable bonds is 6. The summed E-state index contributed by atoms with van der Waals surface area (Å²) in [6.45, 7) is 4.75. The van der Waals surface area contributed by atoms with E-state index in [2.05, 4.69) is 21.4 Å². The number of ether oxygens (including phenoxy) is 1. The standard InChI is InChI=1S/C21H23N5O2/c1-4-26(15-9-7-8-14(2)12-15)20-18(22)19(23-13-24-20)25-17-11-6-5-10-16(17)21(27)28-3/h5-13H,4,22H2,1-3H3,(H,23,24,25). The number of esters is 1. The van der Waals surface area contributed by atoms with Crippen LogP contribution in [0.2, 0.25) is 0 Å². The monoisotopic (exact) mass is 377 g/mol. The number of nitrogen functional groups attached to an aromatic ring is 1. The molecular formula is C21H23N5O2. The molecule has 0 spiro atoms. The maximum atomic E-state index is 12.0. The van der Waals surface area contributed by atoms with E-state index in [1.54, 1.807) is 18.2 Å². The molecule has 1 heterocycles. The van der Waals surface area contributed by atoms with Crippen molar-refractivity contribution in [2.24, 2.45) is 0 Å². The fraction of sp³-hybridized carbons (Fsp3) is 0.190. The van der Waals surface area contributed by atoms with Crippen molar-refractivity contribution < 1.29 is 9.53 Å². The molecule has 3 N–H and O–H groups in total. The fourth-order valence-corrected chi connectivity index (χ4v) is 2.96. The Kier molecular flexibility index (Phi) is 5.74. The number of nitrogens with zero attached hydrogens (tertiary/aromatic N) is 3. The lowest BCUT2D eigenvalue weighted by molar-refractivity contribution is 0.0602. The van der Waals surface area contributed by atoms with Gasteiger partial charge in [0.05, 0.1) is 18.4 Å². The summed E-state index contributed by atoms with van der Waals surface area (Å²) in [5, 5.41) is 3.13. The van der Waals surface area contributed by atoms with Crippen LogP contribution in [0.1, 0.15) is 22.8 Å².